The van der Waals surface area contributed by atoms with Gasteiger partial charge in [-0.2, -0.15) is 11.8 Å². The van der Waals surface area contributed by atoms with Crippen molar-refractivity contribution in [1.82, 2.24) is 15.2 Å². The van der Waals surface area contributed by atoms with Gasteiger partial charge in [0.1, 0.15) is 0 Å². The molecule has 1 saturated heterocycles. The van der Waals surface area contributed by atoms with Crippen molar-refractivity contribution in [3.05, 3.63) is 183 Å². The van der Waals surface area contributed by atoms with Crippen LogP contribution in [0.25, 0.3) is 23.1 Å². The molecule has 1 aliphatic heterocycles. The second-order valence-corrected chi connectivity index (χ2v) is 18.8. The Morgan fingerprint density at radius 1 is 0.852 bits per heavy atom. The largest absolute Gasteiger partial charge is 0.481 e. The fraction of sp³-hybridized carbons (Fsp3) is 0.321. The number of carbonyl (C=O) groups is 1. The average molecular weight is 853 g/mol. The number of aryl methyl sites for hydroxylation is 2. The molecule has 2 atom stereocenters. The molecule has 2 fully saturated rings. The first-order chi connectivity index (χ1) is 29.4. The number of hydrogen-bond acceptors (Lipinski definition) is 6. The van der Waals surface area contributed by atoms with E-state index in [1.807, 2.05) is 74.1 Å². The molecule has 316 valence electrons. The zero-order valence-corrected chi connectivity index (χ0v) is 37.1. The number of piperazine rings is 1. The van der Waals surface area contributed by atoms with Crippen molar-refractivity contribution in [2.45, 2.75) is 69.8 Å². The Morgan fingerprint density at radius 2 is 1.54 bits per heavy atom. The maximum atomic E-state index is 11.5. The molecule has 1 unspecified atom stereocenters. The summed E-state index contributed by atoms with van der Waals surface area (Å²) >= 11 is 8.04. The lowest BCUT2D eigenvalue weighted by atomic mass is 9.90. The van der Waals surface area contributed by atoms with E-state index in [1.54, 1.807) is 0 Å². The van der Waals surface area contributed by atoms with Gasteiger partial charge in [0, 0.05) is 47.6 Å². The minimum Gasteiger partial charge on any atom is -0.481 e. The van der Waals surface area contributed by atoms with Gasteiger partial charge >= 0.3 is 5.97 Å². The Labute approximate surface area is 371 Å². The maximum Gasteiger partial charge on any atom is 0.303 e. The highest BCUT2D eigenvalue weighted by atomic mass is 35.5. The number of aliphatic carboxylic acids is 1. The molecule has 1 saturated carbocycles. The SMILES string of the molecule is CC(C)(O)c1ccccc1CC[C@@H](SCC1(CC(=O)O)CC1)c1cccc(/C=C/c2ccc3ccc(Cl)cc3n2)c1.Cc1ccc(C(c2ccccc2)N2CCNCC2)cc1. The molecule has 6 aromatic rings. The normalized spacial score (nSPS) is 16.1. The van der Waals surface area contributed by atoms with E-state index in [9.17, 15) is 15.0 Å². The van der Waals surface area contributed by atoms with Gasteiger partial charge in [-0.05, 0) is 110 Å². The molecule has 5 aromatic carbocycles. The molecule has 3 N–H and O–H groups in total. The molecule has 6 nitrogen and oxygen atoms in total. The van der Waals surface area contributed by atoms with Crippen LogP contribution in [0.4, 0.5) is 0 Å². The first-order valence-corrected chi connectivity index (χ1v) is 22.9. The number of nitrogens with one attached hydrogen (secondary N) is 1. The van der Waals surface area contributed by atoms with Crippen molar-refractivity contribution >= 4 is 52.4 Å². The number of benzene rings is 5. The van der Waals surface area contributed by atoms with Crippen LogP contribution in [0.1, 0.15) is 95.5 Å². The molecule has 0 bridgehead atoms. The Kier molecular flexibility index (Phi) is 14.8. The van der Waals surface area contributed by atoms with Crippen molar-refractivity contribution in [2.75, 3.05) is 31.9 Å². The van der Waals surface area contributed by atoms with E-state index in [2.05, 4.69) is 114 Å². The van der Waals surface area contributed by atoms with E-state index < -0.39 is 11.6 Å². The van der Waals surface area contributed by atoms with Crippen LogP contribution in [0.2, 0.25) is 5.02 Å². The lowest BCUT2D eigenvalue weighted by Gasteiger charge is -2.35. The molecular formula is C53H58ClN3O3S. The van der Waals surface area contributed by atoms with Crippen LogP contribution < -0.4 is 5.32 Å². The summed E-state index contributed by atoms with van der Waals surface area (Å²) in [6.07, 6.45) is 8.02. The van der Waals surface area contributed by atoms with Crippen LogP contribution >= 0.6 is 23.4 Å². The molecule has 1 aliphatic carbocycles. The smallest absolute Gasteiger partial charge is 0.303 e. The van der Waals surface area contributed by atoms with Gasteiger partial charge in [-0.15, -0.1) is 0 Å². The standard InChI is InChI=1S/C35H36ClNO3S.C18H22N2/c1-34(2,40)30-9-4-3-7-25(30)13-17-32(41-23-35(18-19-35)22-33(38)39)27-8-5-6-24(20-27)10-15-29-16-12-26-11-14-28(36)21-31(26)37-29;1-15-7-9-17(10-8-15)18(16-5-3-2-4-6-16)20-13-11-19-12-14-20/h3-12,14-16,20-21,32,40H,13,17-19,22-23H2,1-2H3,(H,38,39);2-10,18-19H,11-14H2,1H3/b15-10+;/t32-;/m1./s1. The van der Waals surface area contributed by atoms with Crippen LogP contribution in [-0.4, -0.2) is 58.0 Å². The van der Waals surface area contributed by atoms with E-state index in [4.69, 9.17) is 16.6 Å². The Balaban J connectivity index is 0.000000233. The first-order valence-electron chi connectivity index (χ1n) is 21.5. The molecule has 8 rings (SSSR count). The zero-order chi connectivity index (χ0) is 42.8. The van der Waals surface area contributed by atoms with Crippen LogP contribution in [0.3, 0.4) is 0 Å². The number of aliphatic hydroxyl groups is 1. The zero-order valence-electron chi connectivity index (χ0n) is 35.6. The van der Waals surface area contributed by atoms with Gasteiger partial charge in [-0.25, -0.2) is 4.98 Å². The number of carboxylic acid groups (broad SMARTS) is 1. The third-order valence-electron chi connectivity index (χ3n) is 11.9. The number of hydrogen-bond donors (Lipinski definition) is 3. The molecule has 0 amide bonds. The molecule has 1 aromatic heterocycles. The lowest BCUT2D eigenvalue weighted by Crippen LogP contribution is -2.45. The Hall–Kier alpha value is -4.76. The molecular weight excluding hydrogens is 794 g/mol. The number of rotatable bonds is 15. The highest BCUT2D eigenvalue weighted by Gasteiger charge is 2.44. The van der Waals surface area contributed by atoms with E-state index in [0.717, 1.165) is 90.9 Å². The molecule has 2 aliphatic rings. The van der Waals surface area contributed by atoms with Crippen LogP contribution in [0, 0.1) is 12.3 Å². The Morgan fingerprint density at radius 3 is 2.26 bits per heavy atom. The summed E-state index contributed by atoms with van der Waals surface area (Å²) in [6, 6.07) is 46.7. The topological polar surface area (TPSA) is 85.7 Å². The number of pyridine rings is 1. The predicted molar refractivity (Wildman–Crippen MR) is 255 cm³/mol. The van der Waals surface area contributed by atoms with Gasteiger partial charge < -0.3 is 15.5 Å². The van der Waals surface area contributed by atoms with E-state index in [1.165, 1.54) is 22.3 Å². The number of fused-ring (bicyclic) bond motifs is 1. The van der Waals surface area contributed by atoms with Gasteiger partial charge in [0.25, 0.3) is 0 Å². The minimum atomic E-state index is -0.911. The van der Waals surface area contributed by atoms with E-state index in [-0.39, 0.29) is 17.1 Å². The number of carboxylic acids is 1. The second-order valence-electron chi connectivity index (χ2n) is 17.2. The van der Waals surface area contributed by atoms with Crippen LogP contribution in [0.15, 0.2) is 133 Å². The fourth-order valence-electron chi connectivity index (χ4n) is 8.30. The third-order valence-corrected chi connectivity index (χ3v) is 13.8. The summed E-state index contributed by atoms with van der Waals surface area (Å²) in [5.41, 5.74) is 9.25. The van der Waals surface area contributed by atoms with Gasteiger partial charge in [-0.1, -0.05) is 139 Å². The first kappa shape index (κ1) is 44.3. The number of halogens is 1. The number of aromatic nitrogens is 1. The van der Waals surface area contributed by atoms with Gasteiger partial charge in [0.2, 0.25) is 0 Å². The molecule has 2 heterocycles. The van der Waals surface area contributed by atoms with Crippen molar-refractivity contribution < 1.29 is 15.0 Å². The van der Waals surface area contributed by atoms with Crippen molar-refractivity contribution in [3.8, 4) is 0 Å². The third kappa shape index (κ3) is 12.4. The molecule has 0 radical (unpaired) electrons. The van der Waals surface area contributed by atoms with Crippen LogP contribution in [0.5, 0.6) is 0 Å². The summed E-state index contributed by atoms with van der Waals surface area (Å²) in [6.45, 7) is 10.2. The van der Waals surface area contributed by atoms with Crippen molar-refractivity contribution in [3.63, 3.8) is 0 Å². The Bertz CT molecular complexity index is 2400. The van der Waals surface area contributed by atoms with E-state index >= 15 is 0 Å². The monoisotopic (exact) mass is 851 g/mol. The molecule has 61 heavy (non-hydrogen) atoms. The average Bonchev–Trinajstić information content (AvgIpc) is 4.03. The summed E-state index contributed by atoms with van der Waals surface area (Å²) < 4.78 is 0. The highest BCUT2D eigenvalue weighted by Crippen LogP contribution is 2.53. The molecule has 8 heteroatoms. The number of thioether (sulfide) groups is 1. The quantitative estimate of drug-likeness (QED) is 0.0949. The summed E-state index contributed by atoms with van der Waals surface area (Å²) in [5.74, 6) is 0.122. The summed E-state index contributed by atoms with van der Waals surface area (Å²) in [7, 11) is 0. The van der Waals surface area contributed by atoms with Gasteiger partial charge in [0.05, 0.1) is 29.3 Å². The van der Waals surface area contributed by atoms with E-state index in [0.29, 0.717) is 11.1 Å². The van der Waals surface area contributed by atoms with Crippen molar-refractivity contribution in [2.24, 2.45) is 5.41 Å². The van der Waals surface area contributed by atoms with Crippen LogP contribution in [-0.2, 0) is 16.8 Å². The van der Waals surface area contributed by atoms with Gasteiger partial charge in [-0.3, -0.25) is 9.69 Å². The van der Waals surface area contributed by atoms with Crippen molar-refractivity contribution in [1.29, 1.82) is 0 Å². The molecule has 0 spiro atoms. The maximum absolute atomic E-state index is 11.5. The predicted octanol–water partition coefficient (Wildman–Crippen LogP) is 11.9. The lowest BCUT2D eigenvalue weighted by molar-refractivity contribution is -0.138. The minimum absolute atomic E-state index is 0.0814. The fourth-order valence-corrected chi connectivity index (χ4v) is 10.0. The van der Waals surface area contributed by atoms with Gasteiger partial charge in [0.15, 0.2) is 0 Å². The highest BCUT2D eigenvalue weighted by molar-refractivity contribution is 7.99. The number of nitrogens with zero attached hydrogens (tertiary/aromatic N) is 2. The second kappa shape index (κ2) is 20.4. The summed E-state index contributed by atoms with van der Waals surface area (Å²) in [4.78, 5) is 18.8. The summed E-state index contributed by atoms with van der Waals surface area (Å²) in [5, 5.41) is 25.5.